The number of carbonyl (C=O) groups excluding carboxylic acids is 1. The van der Waals surface area contributed by atoms with Gasteiger partial charge in [-0.1, -0.05) is 17.7 Å². The molecule has 0 bridgehead atoms. The number of aliphatic carboxylic acids is 1. The predicted molar refractivity (Wildman–Crippen MR) is 73.6 cm³/mol. The van der Waals surface area contributed by atoms with E-state index in [0.29, 0.717) is 18.7 Å². The lowest BCUT2D eigenvalue weighted by molar-refractivity contribution is -0.144. The maximum absolute atomic E-state index is 13.1. The van der Waals surface area contributed by atoms with Crippen LogP contribution in [-0.2, 0) is 14.3 Å². The van der Waals surface area contributed by atoms with Crippen molar-refractivity contribution in [2.24, 2.45) is 0 Å². The number of rotatable bonds is 4. The molecule has 1 aromatic rings. The highest BCUT2D eigenvalue weighted by molar-refractivity contribution is 6.31. The zero-order valence-corrected chi connectivity index (χ0v) is 12.0. The summed E-state index contributed by atoms with van der Waals surface area (Å²) in [6.07, 6.45) is -0.669. The maximum atomic E-state index is 13.1. The van der Waals surface area contributed by atoms with Crippen LogP contribution in [0.1, 0.15) is 24.5 Å². The Morgan fingerprint density at radius 2 is 2.19 bits per heavy atom. The number of morpholine rings is 1. The Kier molecular flexibility index (Phi) is 5.14. The van der Waals surface area contributed by atoms with Crippen LogP contribution in [0, 0.1) is 5.82 Å². The predicted octanol–water partition coefficient (Wildman–Crippen LogP) is 2.24. The van der Waals surface area contributed by atoms with Crippen LogP contribution in [0.3, 0.4) is 0 Å². The second-order valence-electron chi connectivity index (χ2n) is 4.76. The third-order valence-corrected chi connectivity index (χ3v) is 3.61. The minimum Gasteiger partial charge on any atom is -0.481 e. The fourth-order valence-corrected chi connectivity index (χ4v) is 2.49. The van der Waals surface area contributed by atoms with Crippen molar-refractivity contribution in [3.8, 4) is 0 Å². The van der Waals surface area contributed by atoms with Crippen LogP contribution in [0.25, 0.3) is 0 Å². The van der Waals surface area contributed by atoms with Crippen molar-refractivity contribution in [1.82, 2.24) is 4.90 Å². The van der Waals surface area contributed by atoms with Gasteiger partial charge in [-0.2, -0.15) is 0 Å². The van der Waals surface area contributed by atoms with E-state index in [2.05, 4.69) is 0 Å². The molecule has 5 nitrogen and oxygen atoms in total. The topological polar surface area (TPSA) is 66.8 Å². The van der Waals surface area contributed by atoms with Crippen molar-refractivity contribution in [3.63, 3.8) is 0 Å². The fourth-order valence-electron chi connectivity index (χ4n) is 2.20. The van der Waals surface area contributed by atoms with Crippen LogP contribution < -0.4 is 0 Å². The van der Waals surface area contributed by atoms with E-state index < -0.39 is 17.9 Å². The van der Waals surface area contributed by atoms with Crippen LogP contribution >= 0.6 is 11.6 Å². The third kappa shape index (κ3) is 4.15. The van der Waals surface area contributed by atoms with Gasteiger partial charge in [-0.05, 0) is 12.1 Å². The second-order valence-corrected chi connectivity index (χ2v) is 5.17. The first-order chi connectivity index (χ1) is 9.97. The highest BCUT2D eigenvalue weighted by Gasteiger charge is 2.26. The van der Waals surface area contributed by atoms with E-state index in [0.717, 1.165) is 0 Å². The smallest absolute Gasteiger partial charge is 0.303 e. The molecule has 1 aliphatic heterocycles. The molecule has 114 valence electrons. The molecule has 0 aromatic heterocycles. The number of halogens is 2. The van der Waals surface area contributed by atoms with Crippen LogP contribution in [0.15, 0.2) is 18.2 Å². The molecule has 1 fully saturated rings. The summed E-state index contributed by atoms with van der Waals surface area (Å²) in [5.74, 6) is -1.67. The van der Waals surface area contributed by atoms with E-state index in [9.17, 15) is 14.0 Å². The average Bonchev–Trinajstić information content (AvgIpc) is 2.45. The Balaban J connectivity index is 2.03. The Labute approximate surface area is 126 Å². The molecule has 1 N–H and O–H groups in total. The summed E-state index contributed by atoms with van der Waals surface area (Å²) < 4.78 is 18.6. The van der Waals surface area contributed by atoms with Crippen molar-refractivity contribution in [2.75, 3.05) is 19.7 Å². The van der Waals surface area contributed by atoms with E-state index in [1.165, 1.54) is 18.2 Å². The number of nitrogens with zero attached hydrogens (tertiary/aromatic N) is 1. The molecular weight excluding hydrogens is 301 g/mol. The fraction of sp³-hybridized carbons (Fsp3) is 0.429. The summed E-state index contributed by atoms with van der Waals surface area (Å²) in [4.78, 5) is 24.0. The van der Waals surface area contributed by atoms with Crippen LogP contribution in [0.4, 0.5) is 4.39 Å². The first kappa shape index (κ1) is 15.7. The Morgan fingerprint density at radius 3 is 2.86 bits per heavy atom. The van der Waals surface area contributed by atoms with Gasteiger partial charge in [0.2, 0.25) is 5.91 Å². The molecule has 1 saturated heterocycles. The minimum atomic E-state index is -1.00. The number of amides is 1. The zero-order chi connectivity index (χ0) is 15.4. The molecule has 1 unspecified atom stereocenters. The van der Waals surface area contributed by atoms with Gasteiger partial charge >= 0.3 is 5.97 Å². The van der Waals surface area contributed by atoms with E-state index in [1.807, 2.05) is 0 Å². The molecule has 1 amide bonds. The van der Waals surface area contributed by atoms with Crippen LogP contribution in [0.5, 0.6) is 0 Å². The summed E-state index contributed by atoms with van der Waals surface area (Å²) in [5.41, 5.74) is 0.619. The van der Waals surface area contributed by atoms with E-state index >= 15 is 0 Å². The maximum Gasteiger partial charge on any atom is 0.303 e. The monoisotopic (exact) mass is 315 g/mol. The summed E-state index contributed by atoms with van der Waals surface area (Å²) in [6.45, 7) is 1.02. The summed E-state index contributed by atoms with van der Waals surface area (Å²) in [5, 5.41) is 8.85. The van der Waals surface area contributed by atoms with Crippen LogP contribution in [-0.4, -0.2) is 41.6 Å². The largest absolute Gasteiger partial charge is 0.481 e. The molecule has 1 atom stereocenters. The number of ether oxygens (including phenoxy) is 1. The molecule has 0 aliphatic carbocycles. The molecule has 1 heterocycles. The first-order valence-corrected chi connectivity index (χ1v) is 6.91. The van der Waals surface area contributed by atoms with Crippen molar-refractivity contribution in [2.45, 2.75) is 18.9 Å². The van der Waals surface area contributed by atoms with Crippen molar-refractivity contribution in [1.29, 1.82) is 0 Å². The Morgan fingerprint density at radius 1 is 1.43 bits per heavy atom. The third-order valence-electron chi connectivity index (χ3n) is 3.28. The van der Waals surface area contributed by atoms with E-state index in [-0.39, 0.29) is 30.3 Å². The molecule has 1 aliphatic rings. The molecule has 7 heteroatoms. The molecule has 0 spiro atoms. The van der Waals surface area contributed by atoms with Gasteiger partial charge < -0.3 is 14.7 Å². The van der Waals surface area contributed by atoms with Gasteiger partial charge in [0.25, 0.3) is 0 Å². The normalized spacial score (nSPS) is 18.6. The van der Waals surface area contributed by atoms with E-state index in [1.54, 1.807) is 4.90 Å². The summed E-state index contributed by atoms with van der Waals surface area (Å²) in [6, 6.07) is 4.02. The van der Waals surface area contributed by atoms with E-state index in [4.69, 9.17) is 21.4 Å². The van der Waals surface area contributed by atoms with Gasteiger partial charge in [0, 0.05) is 23.6 Å². The number of carbonyl (C=O) groups is 2. The highest BCUT2D eigenvalue weighted by atomic mass is 35.5. The SMILES string of the molecule is O=C(O)CCC(=O)N1CCOC(c2ccc(F)cc2Cl)C1. The number of hydrogen-bond acceptors (Lipinski definition) is 3. The van der Waals surface area contributed by atoms with Gasteiger partial charge in [0.05, 0.1) is 19.6 Å². The van der Waals surface area contributed by atoms with Gasteiger partial charge in [-0.25, -0.2) is 4.39 Å². The van der Waals surface area contributed by atoms with Crippen molar-refractivity contribution < 1.29 is 23.8 Å². The molecule has 1 aromatic carbocycles. The quantitative estimate of drug-likeness (QED) is 0.925. The molecule has 2 rings (SSSR count). The Hall–Kier alpha value is -1.66. The average molecular weight is 316 g/mol. The number of carboxylic acid groups (broad SMARTS) is 1. The lowest BCUT2D eigenvalue weighted by atomic mass is 10.1. The lowest BCUT2D eigenvalue weighted by Gasteiger charge is -2.33. The van der Waals surface area contributed by atoms with Gasteiger partial charge in [-0.15, -0.1) is 0 Å². The van der Waals surface area contributed by atoms with Gasteiger partial charge in [0.15, 0.2) is 0 Å². The summed E-state index contributed by atoms with van der Waals surface area (Å²) in [7, 11) is 0. The molecule has 0 radical (unpaired) electrons. The Bertz CT molecular complexity index is 552. The molecule has 21 heavy (non-hydrogen) atoms. The summed E-state index contributed by atoms with van der Waals surface area (Å²) >= 11 is 5.99. The van der Waals surface area contributed by atoms with Gasteiger partial charge in [0.1, 0.15) is 11.9 Å². The number of hydrogen-bond donors (Lipinski definition) is 1. The standard InChI is InChI=1S/C14H15ClFNO4/c15-11-7-9(16)1-2-10(11)12-8-17(5-6-21-12)13(18)3-4-14(19)20/h1-2,7,12H,3-6,8H2,(H,19,20). The number of benzene rings is 1. The highest BCUT2D eigenvalue weighted by Crippen LogP contribution is 2.29. The first-order valence-electron chi connectivity index (χ1n) is 6.53. The lowest BCUT2D eigenvalue weighted by Crippen LogP contribution is -2.42. The van der Waals surface area contributed by atoms with Crippen molar-refractivity contribution in [3.05, 3.63) is 34.6 Å². The number of carboxylic acids is 1. The van der Waals surface area contributed by atoms with Crippen LogP contribution in [0.2, 0.25) is 5.02 Å². The zero-order valence-electron chi connectivity index (χ0n) is 11.2. The molecule has 0 saturated carbocycles. The van der Waals surface area contributed by atoms with Crippen molar-refractivity contribution >= 4 is 23.5 Å². The molecular formula is C14H15ClFNO4. The second kappa shape index (κ2) is 6.87. The van der Waals surface area contributed by atoms with Gasteiger partial charge in [-0.3, -0.25) is 9.59 Å². The minimum absolute atomic E-state index is 0.0425.